The molecule has 6 nitrogen and oxygen atoms in total. The molecule has 2 N–H and O–H groups in total. The van der Waals surface area contributed by atoms with Gasteiger partial charge in [-0.3, -0.25) is 9.36 Å². The Morgan fingerprint density at radius 2 is 2.03 bits per heavy atom. The predicted octanol–water partition coefficient (Wildman–Crippen LogP) is 3.21. The van der Waals surface area contributed by atoms with Gasteiger partial charge in [0.1, 0.15) is 10.5 Å². The van der Waals surface area contributed by atoms with Gasteiger partial charge in [0.25, 0.3) is 5.56 Å². The van der Waals surface area contributed by atoms with Crippen LogP contribution in [-0.4, -0.2) is 17.1 Å². The predicted molar refractivity (Wildman–Crippen MR) is 130 cm³/mol. The number of nitriles is 1. The van der Waals surface area contributed by atoms with Gasteiger partial charge in [0.15, 0.2) is 0 Å². The number of carbonyl (C=O) groups is 1. The Kier molecular flexibility index (Phi) is 6.43. The summed E-state index contributed by atoms with van der Waals surface area (Å²) in [6.07, 6.45) is 1.64. The lowest BCUT2D eigenvalue weighted by Gasteiger charge is -2.24. The number of benzene rings is 2. The van der Waals surface area contributed by atoms with Gasteiger partial charge >= 0.3 is 5.97 Å². The lowest BCUT2D eigenvalue weighted by atomic mass is 9.84. The van der Waals surface area contributed by atoms with Crippen molar-refractivity contribution < 1.29 is 9.53 Å². The molecule has 0 fully saturated rings. The van der Waals surface area contributed by atoms with E-state index in [1.165, 1.54) is 4.57 Å². The molecule has 3 aromatic rings. The maximum absolute atomic E-state index is 13.3. The highest BCUT2D eigenvalue weighted by atomic mass is 35.5. The first-order chi connectivity index (χ1) is 15.9. The van der Waals surface area contributed by atoms with E-state index in [9.17, 15) is 14.9 Å². The van der Waals surface area contributed by atoms with Crippen LogP contribution in [0.4, 0.5) is 0 Å². The molecule has 0 saturated carbocycles. The van der Waals surface area contributed by atoms with E-state index >= 15 is 0 Å². The average Bonchev–Trinajstić information content (AvgIpc) is 3.11. The first-order valence-electron chi connectivity index (χ1n) is 9.92. The summed E-state index contributed by atoms with van der Waals surface area (Å²) in [4.78, 5) is 26.4. The van der Waals surface area contributed by atoms with Gasteiger partial charge in [0, 0.05) is 10.0 Å². The molecular weight excluding hydrogens is 481 g/mol. The van der Waals surface area contributed by atoms with Crippen LogP contribution < -0.4 is 20.5 Å². The van der Waals surface area contributed by atoms with Gasteiger partial charge < -0.3 is 10.5 Å². The summed E-state index contributed by atoms with van der Waals surface area (Å²) in [7, 11) is 0. The molecule has 2 aromatic carbocycles. The summed E-state index contributed by atoms with van der Waals surface area (Å²) < 4.78 is 7.12. The van der Waals surface area contributed by atoms with Crippen LogP contribution in [0.25, 0.3) is 17.5 Å². The number of nitrogens with two attached hydrogens (primary N) is 1. The zero-order valence-corrected chi connectivity index (χ0v) is 19.7. The van der Waals surface area contributed by atoms with E-state index < -0.39 is 17.4 Å². The minimum Gasteiger partial charge on any atom is -0.463 e. The standard InChI is InChI=1S/C24H17Cl2N3O3S/c1-2-32-24(31)20-19(14-7-5-8-15(25)10-14)16(12-27)21(28)29-22(30)18(33-23(20)29)11-13-6-3-4-9-17(13)26/h3-11,19H,2,28H2,1H3/t19-/m1/s1. The van der Waals surface area contributed by atoms with Crippen LogP contribution in [0.3, 0.4) is 0 Å². The van der Waals surface area contributed by atoms with Crippen molar-refractivity contribution in [1.29, 1.82) is 5.26 Å². The van der Waals surface area contributed by atoms with Crippen LogP contribution in [0.15, 0.2) is 58.9 Å². The summed E-state index contributed by atoms with van der Waals surface area (Å²) in [6, 6.07) is 16.0. The van der Waals surface area contributed by atoms with Crippen molar-refractivity contribution in [2.45, 2.75) is 12.8 Å². The molecule has 0 unspecified atom stereocenters. The number of allylic oxidation sites excluding steroid dienone is 1. The quantitative estimate of drug-likeness (QED) is 0.558. The lowest BCUT2D eigenvalue weighted by molar-refractivity contribution is -0.136. The van der Waals surface area contributed by atoms with E-state index in [2.05, 4.69) is 6.07 Å². The molecule has 1 aromatic heterocycles. The first-order valence-corrected chi connectivity index (χ1v) is 11.5. The number of hydrogen-bond acceptors (Lipinski definition) is 6. The molecule has 9 heteroatoms. The number of nitrogens with zero attached hydrogens (tertiary/aromatic N) is 2. The molecule has 33 heavy (non-hydrogen) atoms. The van der Waals surface area contributed by atoms with Gasteiger partial charge in [-0.25, -0.2) is 4.79 Å². The van der Waals surface area contributed by atoms with Crippen LogP contribution in [0.2, 0.25) is 10.0 Å². The van der Waals surface area contributed by atoms with Gasteiger partial charge in [0.05, 0.1) is 34.3 Å². The minimum atomic E-state index is -0.834. The fourth-order valence-electron chi connectivity index (χ4n) is 3.71. The van der Waals surface area contributed by atoms with Crippen molar-refractivity contribution in [3.8, 4) is 6.07 Å². The maximum atomic E-state index is 13.3. The monoisotopic (exact) mass is 497 g/mol. The van der Waals surface area contributed by atoms with Gasteiger partial charge in [0.2, 0.25) is 0 Å². The summed E-state index contributed by atoms with van der Waals surface area (Å²) in [5.41, 5.74) is 7.33. The number of halogens is 2. The zero-order valence-electron chi connectivity index (χ0n) is 17.3. The molecule has 0 amide bonds. The summed E-state index contributed by atoms with van der Waals surface area (Å²) in [5, 5.41) is 10.9. The number of ether oxygens (including phenoxy) is 1. The second kappa shape index (κ2) is 9.28. The number of carbonyl (C=O) groups excluding carboxylic acids is 1. The first kappa shape index (κ1) is 22.9. The van der Waals surface area contributed by atoms with Crippen molar-refractivity contribution in [2.75, 3.05) is 6.61 Å². The number of thiazole rings is 1. The molecule has 1 aliphatic rings. The van der Waals surface area contributed by atoms with Gasteiger partial charge in [-0.2, -0.15) is 5.26 Å². The Labute approximate surface area is 203 Å². The van der Waals surface area contributed by atoms with E-state index in [-0.39, 0.29) is 23.6 Å². The molecular formula is C24H17Cl2N3O3S. The number of hydrogen-bond donors (Lipinski definition) is 1. The van der Waals surface area contributed by atoms with E-state index in [0.29, 0.717) is 30.4 Å². The van der Waals surface area contributed by atoms with Crippen molar-refractivity contribution in [1.82, 2.24) is 4.57 Å². The highest BCUT2D eigenvalue weighted by Gasteiger charge is 2.36. The molecule has 0 radical (unpaired) electrons. The van der Waals surface area contributed by atoms with E-state index in [0.717, 1.165) is 11.3 Å². The van der Waals surface area contributed by atoms with Gasteiger partial charge in [-0.05, 0) is 42.3 Å². The average molecular weight is 498 g/mol. The normalized spacial score (nSPS) is 15.9. The minimum absolute atomic E-state index is 0.0365. The van der Waals surface area contributed by atoms with Crippen LogP contribution in [0, 0.1) is 11.3 Å². The second-order valence-electron chi connectivity index (χ2n) is 7.11. The Bertz CT molecular complexity index is 1530. The summed E-state index contributed by atoms with van der Waals surface area (Å²) in [6.45, 7) is 1.81. The maximum Gasteiger partial charge on any atom is 0.338 e. The number of esters is 1. The Balaban J connectivity index is 2.12. The number of aromatic nitrogens is 1. The van der Waals surface area contributed by atoms with Crippen LogP contribution in [0.1, 0.15) is 24.0 Å². The van der Waals surface area contributed by atoms with E-state index in [4.69, 9.17) is 33.7 Å². The molecule has 0 aliphatic carbocycles. The molecule has 2 heterocycles. The highest BCUT2D eigenvalue weighted by molar-refractivity contribution is 7.07. The number of rotatable bonds is 4. The Morgan fingerprint density at radius 1 is 1.27 bits per heavy atom. The summed E-state index contributed by atoms with van der Waals surface area (Å²) in [5.74, 6) is -1.51. The van der Waals surface area contributed by atoms with Crippen molar-refractivity contribution in [3.05, 3.63) is 94.8 Å². The van der Waals surface area contributed by atoms with Crippen molar-refractivity contribution in [3.63, 3.8) is 0 Å². The molecule has 0 saturated heterocycles. The Hall–Kier alpha value is -3.31. The topological polar surface area (TPSA) is 98.1 Å². The van der Waals surface area contributed by atoms with Crippen LogP contribution in [0.5, 0.6) is 0 Å². The number of fused-ring (bicyclic) bond motifs is 1. The van der Waals surface area contributed by atoms with Crippen molar-refractivity contribution in [2.24, 2.45) is 5.73 Å². The fraction of sp³-hybridized carbons (Fsp3) is 0.125. The smallest absolute Gasteiger partial charge is 0.338 e. The lowest BCUT2D eigenvalue weighted by Crippen LogP contribution is -2.40. The third-order valence-corrected chi connectivity index (χ3v) is 6.83. The molecule has 0 spiro atoms. The zero-order chi connectivity index (χ0) is 23.7. The van der Waals surface area contributed by atoms with E-state index in [1.807, 2.05) is 0 Å². The van der Waals surface area contributed by atoms with Gasteiger partial charge in [-0.15, -0.1) is 11.3 Å². The molecule has 0 bridgehead atoms. The van der Waals surface area contributed by atoms with Gasteiger partial charge in [-0.1, -0.05) is 53.5 Å². The fourth-order valence-corrected chi connectivity index (χ4v) is 5.25. The molecule has 1 atom stereocenters. The Morgan fingerprint density at radius 3 is 2.70 bits per heavy atom. The SMILES string of the molecule is CCOC(=O)C1=c2sc(=Cc3ccccc3Cl)c(=O)n2C(N)=C(C#N)[C@H]1c1cccc(Cl)c1. The van der Waals surface area contributed by atoms with Crippen LogP contribution >= 0.6 is 34.5 Å². The second-order valence-corrected chi connectivity index (χ2v) is 8.99. The van der Waals surface area contributed by atoms with Crippen LogP contribution in [-0.2, 0) is 9.53 Å². The van der Waals surface area contributed by atoms with Crippen molar-refractivity contribution >= 4 is 58.0 Å². The van der Waals surface area contributed by atoms with E-state index in [1.54, 1.807) is 61.5 Å². The summed E-state index contributed by atoms with van der Waals surface area (Å²) >= 11 is 13.5. The highest BCUT2D eigenvalue weighted by Crippen LogP contribution is 2.37. The molecule has 166 valence electrons. The third kappa shape index (κ3) is 4.09. The molecule has 1 aliphatic heterocycles. The largest absolute Gasteiger partial charge is 0.463 e. The molecule has 4 rings (SSSR count). The third-order valence-electron chi connectivity index (χ3n) is 5.14.